The molecule has 5 heteroatoms. The third kappa shape index (κ3) is 4.81. The third-order valence-corrected chi connectivity index (χ3v) is 3.06. The number of likely N-dealkylation sites (N-methyl/N-ethyl adjacent to an activating group) is 1. The second kappa shape index (κ2) is 7.85. The van der Waals surface area contributed by atoms with E-state index in [9.17, 15) is 4.79 Å². The Kier molecular flexibility index (Phi) is 6.45. The van der Waals surface area contributed by atoms with Gasteiger partial charge in [0.1, 0.15) is 5.75 Å². The normalized spacial score (nSPS) is 13.7. The summed E-state index contributed by atoms with van der Waals surface area (Å²) in [7, 11) is 0. The van der Waals surface area contributed by atoms with E-state index in [1.165, 1.54) is 0 Å². The minimum absolute atomic E-state index is 0.00495. The van der Waals surface area contributed by atoms with Crippen molar-refractivity contribution in [1.29, 1.82) is 0 Å². The summed E-state index contributed by atoms with van der Waals surface area (Å²) in [6, 6.07) is 3.79. The maximum absolute atomic E-state index is 12.1. The summed E-state index contributed by atoms with van der Waals surface area (Å²) >= 11 is 0. The summed E-state index contributed by atoms with van der Waals surface area (Å²) in [6.07, 6.45) is 1.87. The number of carbonyl (C=O) groups is 1. The first-order valence-electron chi connectivity index (χ1n) is 7.13. The Hall–Kier alpha value is -1.62. The number of hydrogen-bond acceptors (Lipinski definition) is 4. The van der Waals surface area contributed by atoms with E-state index in [2.05, 4.69) is 4.98 Å². The highest BCUT2D eigenvalue weighted by atomic mass is 16.5. The van der Waals surface area contributed by atoms with Crippen molar-refractivity contribution in [3.63, 3.8) is 0 Å². The SMILES string of the molecule is CCN(CC)C(=O)C(C)Oc1ccc(CC(C)N)nc1. The Morgan fingerprint density at radius 3 is 2.45 bits per heavy atom. The molecule has 0 bridgehead atoms. The molecule has 0 saturated heterocycles. The Labute approximate surface area is 121 Å². The number of nitrogens with two attached hydrogens (primary N) is 1. The number of hydrogen-bond donors (Lipinski definition) is 1. The fourth-order valence-electron chi connectivity index (χ4n) is 1.98. The number of amides is 1. The number of carbonyl (C=O) groups excluding carboxylic acids is 1. The molecule has 20 heavy (non-hydrogen) atoms. The number of aromatic nitrogens is 1. The largest absolute Gasteiger partial charge is 0.479 e. The van der Waals surface area contributed by atoms with Crippen LogP contribution in [0, 0.1) is 0 Å². The zero-order chi connectivity index (χ0) is 15.1. The van der Waals surface area contributed by atoms with Crippen molar-refractivity contribution in [3.8, 4) is 5.75 Å². The quantitative estimate of drug-likeness (QED) is 0.823. The molecule has 1 aromatic rings. The first-order chi connectivity index (χ1) is 9.47. The van der Waals surface area contributed by atoms with Gasteiger partial charge in [0.2, 0.25) is 0 Å². The molecule has 1 amide bonds. The predicted octanol–water partition coefficient (Wildman–Crippen LogP) is 1.61. The van der Waals surface area contributed by atoms with Crippen molar-refractivity contribution in [2.24, 2.45) is 5.73 Å². The first kappa shape index (κ1) is 16.4. The number of rotatable bonds is 7. The first-order valence-corrected chi connectivity index (χ1v) is 7.13. The number of ether oxygens (including phenoxy) is 1. The Bertz CT molecular complexity index is 414. The molecule has 112 valence electrons. The van der Waals surface area contributed by atoms with Gasteiger partial charge in [-0.1, -0.05) is 0 Å². The van der Waals surface area contributed by atoms with Crippen molar-refractivity contribution < 1.29 is 9.53 Å². The standard InChI is InChI=1S/C15H25N3O2/c1-5-18(6-2)15(19)12(4)20-14-8-7-13(17-10-14)9-11(3)16/h7-8,10-12H,5-6,9,16H2,1-4H3. The molecule has 2 N–H and O–H groups in total. The van der Waals surface area contributed by atoms with E-state index in [4.69, 9.17) is 10.5 Å². The van der Waals surface area contributed by atoms with E-state index in [1.807, 2.05) is 32.9 Å². The molecule has 2 atom stereocenters. The molecule has 0 aromatic carbocycles. The van der Waals surface area contributed by atoms with E-state index in [1.54, 1.807) is 18.0 Å². The van der Waals surface area contributed by atoms with Gasteiger partial charge < -0.3 is 15.4 Å². The van der Waals surface area contributed by atoms with Crippen molar-refractivity contribution >= 4 is 5.91 Å². The summed E-state index contributed by atoms with van der Waals surface area (Å²) < 4.78 is 5.64. The Balaban J connectivity index is 2.61. The lowest BCUT2D eigenvalue weighted by atomic mass is 10.2. The molecule has 1 heterocycles. The molecule has 0 radical (unpaired) electrons. The van der Waals surface area contributed by atoms with Crippen molar-refractivity contribution in [2.45, 2.75) is 46.3 Å². The van der Waals surface area contributed by atoms with Crippen LogP contribution >= 0.6 is 0 Å². The Morgan fingerprint density at radius 2 is 2.00 bits per heavy atom. The van der Waals surface area contributed by atoms with Crippen LogP contribution < -0.4 is 10.5 Å². The summed E-state index contributed by atoms with van der Waals surface area (Å²) in [5.74, 6) is 0.598. The van der Waals surface area contributed by atoms with E-state index in [-0.39, 0.29) is 11.9 Å². The molecule has 5 nitrogen and oxygen atoms in total. The summed E-state index contributed by atoms with van der Waals surface area (Å²) in [5.41, 5.74) is 6.65. The molecule has 0 aliphatic rings. The minimum atomic E-state index is -0.504. The predicted molar refractivity (Wildman–Crippen MR) is 79.6 cm³/mol. The molecule has 0 fully saturated rings. The van der Waals surface area contributed by atoms with Crippen LogP contribution in [0.3, 0.4) is 0 Å². The molecule has 1 aromatic heterocycles. The molecule has 0 saturated carbocycles. The van der Waals surface area contributed by atoms with Crippen LogP contribution in [0.1, 0.15) is 33.4 Å². The monoisotopic (exact) mass is 279 g/mol. The topological polar surface area (TPSA) is 68.5 Å². The van der Waals surface area contributed by atoms with E-state index in [0.29, 0.717) is 18.8 Å². The smallest absolute Gasteiger partial charge is 0.263 e. The van der Waals surface area contributed by atoms with Gasteiger partial charge in [-0.15, -0.1) is 0 Å². The van der Waals surface area contributed by atoms with Gasteiger partial charge in [-0.3, -0.25) is 9.78 Å². The Morgan fingerprint density at radius 1 is 1.35 bits per heavy atom. The molecule has 0 spiro atoms. The van der Waals surface area contributed by atoms with Crippen LogP contribution in [0.2, 0.25) is 0 Å². The van der Waals surface area contributed by atoms with Gasteiger partial charge in [-0.05, 0) is 39.8 Å². The van der Waals surface area contributed by atoms with Crippen molar-refractivity contribution in [3.05, 3.63) is 24.0 Å². The van der Waals surface area contributed by atoms with Crippen LogP contribution in [0.25, 0.3) is 0 Å². The summed E-state index contributed by atoms with van der Waals surface area (Å²) in [6.45, 7) is 8.99. The average molecular weight is 279 g/mol. The molecule has 0 aliphatic carbocycles. The fourth-order valence-corrected chi connectivity index (χ4v) is 1.98. The van der Waals surface area contributed by atoms with Crippen LogP contribution in [0.4, 0.5) is 0 Å². The summed E-state index contributed by atoms with van der Waals surface area (Å²) in [5, 5.41) is 0. The lowest BCUT2D eigenvalue weighted by molar-refractivity contribution is -0.137. The zero-order valence-corrected chi connectivity index (χ0v) is 12.8. The van der Waals surface area contributed by atoms with E-state index < -0.39 is 6.10 Å². The molecule has 1 rings (SSSR count). The van der Waals surface area contributed by atoms with E-state index >= 15 is 0 Å². The lowest BCUT2D eigenvalue weighted by Gasteiger charge is -2.23. The van der Waals surface area contributed by atoms with Crippen LogP contribution in [0.15, 0.2) is 18.3 Å². The van der Waals surface area contributed by atoms with Gasteiger partial charge in [-0.2, -0.15) is 0 Å². The maximum atomic E-state index is 12.1. The molecule has 2 unspecified atom stereocenters. The lowest BCUT2D eigenvalue weighted by Crippen LogP contribution is -2.40. The van der Waals surface area contributed by atoms with E-state index in [0.717, 1.165) is 12.1 Å². The molecular formula is C15H25N3O2. The maximum Gasteiger partial charge on any atom is 0.263 e. The van der Waals surface area contributed by atoms with Crippen molar-refractivity contribution in [2.75, 3.05) is 13.1 Å². The highest BCUT2D eigenvalue weighted by Crippen LogP contribution is 2.13. The van der Waals surface area contributed by atoms with Gasteiger partial charge in [0.05, 0.1) is 6.20 Å². The van der Waals surface area contributed by atoms with Crippen molar-refractivity contribution in [1.82, 2.24) is 9.88 Å². The average Bonchev–Trinajstić information content (AvgIpc) is 2.41. The third-order valence-electron chi connectivity index (χ3n) is 3.06. The molecular weight excluding hydrogens is 254 g/mol. The van der Waals surface area contributed by atoms with Gasteiger partial charge in [0.15, 0.2) is 6.10 Å². The van der Waals surface area contributed by atoms with Gasteiger partial charge in [0.25, 0.3) is 5.91 Å². The molecule has 0 aliphatic heterocycles. The second-order valence-corrected chi connectivity index (χ2v) is 4.94. The zero-order valence-electron chi connectivity index (χ0n) is 12.8. The highest BCUT2D eigenvalue weighted by Gasteiger charge is 2.19. The second-order valence-electron chi connectivity index (χ2n) is 4.94. The van der Waals surface area contributed by atoms with Gasteiger partial charge in [-0.25, -0.2) is 0 Å². The summed E-state index contributed by atoms with van der Waals surface area (Å²) in [4.78, 5) is 18.1. The fraction of sp³-hybridized carbons (Fsp3) is 0.600. The van der Waals surface area contributed by atoms with Gasteiger partial charge in [0, 0.05) is 31.2 Å². The van der Waals surface area contributed by atoms with Crippen LogP contribution in [-0.2, 0) is 11.2 Å². The van der Waals surface area contributed by atoms with Crippen LogP contribution in [0.5, 0.6) is 5.75 Å². The number of pyridine rings is 1. The highest BCUT2D eigenvalue weighted by molar-refractivity contribution is 5.80. The number of nitrogens with zero attached hydrogens (tertiary/aromatic N) is 2. The minimum Gasteiger partial charge on any atom is -0.479 e. The van der Waals surface area contributed by atoms with Gasteiger partial charge >= 0.3 is 0 Å². The van der Waals surface area contributed by atoms with Crippen LogP contribution in [-0.4, -0.2) is 41.0 Å².